The molecule has 2 N–H and O–H groups in total. The van der Waals surface area contributed by atoms with E-state index in [9.17, 15) is 14.9 Å². The van der Waals surface area contributed by atoms with E-state index in [0.717, 1.165) is 63.7 Å². The van der Waals surface area contributed by atoms with E-state index < -0.39 is 6.04 Å². The van der Waals surface area contributed by atoms with E-state index in [2.05, 4.69) is 36.4 Å². The van der Waals surface area contributed by atoms with Crippen LogP contribution >= 0.6 is 0 Å². The summed E-state index contributed by atoms with van der Waals surface area (Å²) in [4.78, 5) is 26.4. The predicted octanol–water partition coefficient (Wildman–Crippen LogP) is 4.34. The van der Waals surface area contributed by atoms with Gasteiger partial charge in [-0.05, 0) is 88.5 Å². The number of hydrogen-bond donors (Lipinski definition) is 2. The number of anilines is 1. The van der Waals surface area contributed by atoms with Gasteiger partial charge >= 0.3 is 5.97 Å². The van der Waals surface area contributed by atoms with Crippen LogP contribution in [0.1, 0.15) is 64.4 Å². The smallest absolute Gasteiger partial charge is 0.323 e. The maximum atomic E-state index is 12.7. The average Bonchev–Trinajstić information content (AvgIpc) is 3.29. The van der Waals surface area contributed by atoms with Gasteiger partial charge in [-0.3, -0.25) is 14.9 Å². The molecule has 8 nitrogen and oxygen atoms in total. The van der Waals surface area contributed by atoms with Crippen molar-refractivity contribution >= 4 is 17.3 Å². The van der Waals surface area contributed by atoms with Gasteiger partial charge in [-0.15, -0.1) is 0 Å². The molecule has 1 saturated carbocycles. The average molecular weight is 461 g/mol. The molecule has 0 bridgehead atoms. The number of ether oxygens (including phenoxy) is 1. The van der Waals surface area contributed by atoms with Gasteiger partial charge in [-0.25, -0.2) is 0 Å². The number of rotatable bonds is 11. The minimum Gasteiger partial charge on any atom is -0.461 e. The summed E-state index contributed by atoms with van der Waals surface area (Å²) in [7, 11) is 2.13. The van der Waals surface area contributed by atoms with Gasteiger partial charge in [0.1, 0.15) is 17.8 Å². The quantitative estimate of drug-likeness (QED) is 0.288. The molecule has 1 aromatic rings. The molecule has 1 aliphatic heterocycles. The normalized spacial score (nSPS) is 19.0. The van der Waals surface area contributed by atoms with Gasteiger partial charge in [0, 0.05) is 19.2 Å². The molecule has 1 heterocycles. The summed E-state index contributed by atoms with van der Waals surface area (Å²) in [5.41, 5.74) is 1.42. The Labute approximate surface area is 197 Å². The Hall–Kier alpha value is -2.19. The van der Waals surface area contributed by atoms with Gasteiger partial charge in [-0.2, -0.15) is 0 Å². The highest BCUT2D eigenvalue weighted by atomic mass is 16.6. The lowest BCUT2D eigenvalue weighted by atomic mass is 9.97. The molecule has 8 heteroatoms. The molecule has 2 aliphatic rings. The van der Waals surface area contributed by atoms with Crippen LogP contribution < -0.4 is 10.6 Å². The van der Waals surface area contributed by atoms with Crippen molar-refractivity contribution in [1.82, 2.24) is 10.2 Å². The van der Waals surface area contributed by atoms with Crippen LogP contribution in [0.15, 0.2) is 18.2 Å². The standard InChI is InChI=1S/C25H40N4O4/c1-18(2)14-23(25(30)33-21-6-4-5-7-21)27-17-20-8-9-22(24(15-20)29(31)32)26-16-19-10-12-28(3)13-11-19/h8-9,15,18-19,21,23,26-27H,4-7,10-14,16-17H2,1-3H3. The Kier molecular flexibility index (Phi) is 9.50. The summed E-state index contributed by atoms with van der Waals surface area (Å²) in [6, 6.07) is 4.88. The third kappa shape index (κ3) is 7.96. The first-order chi connectivity index (χ1) is 15.8. The summed E-state index contributed by atoms with van der Waals surface area (Å²) < 4.78 is 5.72. The van der Waals surface area contributed by atoms with Crippen LogP contribution in [0, 0.1) is 22.0 Å². The van der Waals surface area contributed by atoms with E-state index in [0.29, 0.717) is 30.5 Å². The number of nitrogens with one attached hydrogen (secondary N) is 2. The molecule has 1 atom stereocenters. The number of esters is 1. The second-order valence-corrected chi connectivity index (χ2v) is 10.1. The van der Waals surface area contributed by atoms with E-state index in [-0.39, 0.29) is 22.7 Å². The van der Waals surface area contributed by atoms with Crippen molar-refractivity contribution in [2.24, 2.45) is 11.8 Å². The first kappa shape index (κ1) is 25.4. The molecule has 1 aromatic carbocycles. The molecule has 0 radical (unpaired) electrons. The van der Waals surface area contributed by atoms with E-state index in [4.69, 9.17) is 4.74 Å². The zero-order valence-corrected chi connectivity index (χ0v) is 20.3. The van der Waals surface area contributed by atoms with E-state index in [1.807, 2.05) is 6.07 Å². The monoisotopic (exact) mass is 460 g/mol. The fraction of sp³-hybridized carbons (Fsp3) is 0.720. The predicted molar refractivity (Wildman–Crippen MR) is 130 cm³/mol. The Balaban J connectivity index is 1.59. The molecule has 1 aliphatic carbocycles. The molecule has 0 amide bonds. The molecule has 3 rings (SSSR count). The number of piperidine rings is 1. The maximum Gasteiger partial charge on any atom is 0.323 e. The van der Waals surface area contributed by atoms with Crippen molar-refractivity contribution in [3.63, 3.8) is 0 Å². The van der Waals surface area contributed by atoms with Crippen LogP contribution in [0.2, 0.25) is 0 Å². The lowest BCUT2D eigenvalue weighted by molar-refractivity contribution is -0.384. The number of nitro benzene ring substituents is 1. The highest BCUT2D eigenvalue weighted by Crippen LogP contribution is 2.27. The number of nitrogens with zero attached hydrogens (tertiary/aromatic N) is 2. The Morgan fingerprint density at radius 1 is 1.21 bits per heavy atom. The van der Waals surface area contributed by atoms with Gasteiger partial charge in [-0.1, -0.05) is 19.9 Å². The first-order valence-electron chi connectivity index (χ1n) is 12.5. The van der Waals surface area contributed by atoms with Crippen molar-refractivity contribution in [3.8, 4) is 0 Å². The number of carbonyl (C=O) groups excluding carboxylic acids is 1. The number of likely N-dealkylation sites (tertiary alicyclic amines) is 1. The molecule has 2 fully saturated rings. The van der Waals surface area contributed by atoms with Gasteiger partial charge in [0.25, 0.3) is 5.69 Å². The largest absolute Gasteiger partial charge is 0.461 e. The highest BCUT2D eigenvalue weighted by Gasteiger charge is 2.26. The van der Waals surface area contributed by atoms with Crippen LogP contribution in [-0.2, 0) is 16.1 Å². The number of benzene rings is 1. The third-order valence-electron chi connectivity index (χ3n) is 6.81. The minimum atomic E-state index is -0.410. The van der Waals surface area contributed by atoms with Crippen molar-refractivity contribution in [1.29, 1.82) is 0 Å². The maximum absolute atomic E-state index is 12.7. The van der Waals surface area contributed by atoms with Crippen molar-refractivity contribution in [2.45, 2.75) is 77.5 Å². The van der Waals surface area contributed by atoms with E-state index in [1.54, 1.807) is 12.1 Å². The first-order valence-corrected chi connectivity index (χ1v) is 12.5. The number of hydrogen-bond acceptors (Lipinski definition) is 7. The third-order valence-corrected chi connectivity index (χ3v) is 6.81. The topological polar surface area (TPSA) is 96.7 Å². The second-order valence-electron chi connectivity index (χ2n) is 10.1. The van der Waals surface area contributed by atoms with Gasteiger partial charge < -0.3 is 20.3 Å². The zero-order valence-electron chi connectivity index (χ0n) is 20.3. The SMILES string of the molecule is CC(C)CC(NCc1ccc(NCC2CCN(C)CC2)c([N+](=O)[O-])c1)C(=O)OC1CCCC1. The van der Waals surface area contributed by atoms with Crippen LogP contribution in [0.5, 0.6) is 0 Å². The summed E-state index contributed by atoms with van der Waals surface area (Å²) in [6.45, 7) is 7.42. The van der Waals surface area contributed by atoms with Gasteiger partial charge in [0.2, 0.25) is 0 Å². The molecular formula is C25H40N4O4. The fourth-order valence-electron chi connectivity index (χ4n) is 4.74. The lowest BCUT2D eigenvalue weighted by Crippen LogP contribution is -2.40. The summed E-state index contributed by atoms with van der Waals surface area (Å²) in [5, 5.41) is 18.3. The van der Waals surface area contributed by atoms with Crippen LogP contribution in [0.3, 0.4) is 0 Å². The zero-order chi connectivity index (χ0) is 23.8. The Bertz CT molecular complexity index is 787. The Morgan fingerprint density at radius 3 is 2.55 bits per heavy atom. The van der Waals surface area contributed by atoms with Crippen molar-refractivity contribution in [3.05, 3.63) is 33.9 Å². The molecule has 0 spiro atoms. The molecule has 33 heavy (non-hydrogen) atoms. The summed E-state index contributed by atoms with van der Waals surface area (Å²) >= 11 is 0. The molecular weight excluding hydrogens is 420 g/mol. The van der Waals surface area contributed by atoms with E-state index >= 15 is 0 Å². The summed E-state index contributed by atoms with van der Waals surface area (Å²) in [6.07, 6.45) is 7.02. The van der Waals surface area contributed by atoms with E-state index in [1.165, 1.54) is 0 Å². The number of carbonyl (C=O) groups is 1. The van der Waals surface area contributed by atoms with Crippen LogP contribution in [-0.4, -0.2) is 54.6 Å². The van der Waals surface area contributed by atoms with Crippen molar-refractivity contribution < 1.29 is 14.5 Å². The number of nitro groups is 1. The van der Waals surface area contributed by atoms with Crippen molar-refractivity contribution in [2.75, 3.05) is 32.0 Å². The molecule has 1 unspecified atom stereocenters. The second kappa shape index (κ2) is 12.3. The lowest BCUT2D eigenvalue weighted by Gasteiger charge is -2.29. The van der Waals surface area contributed by atoms with Crippen LogP contribution in [0.4, 0.5) is 11.4 Å². The van der Waals surface area contributed by atoms with Crippen LogP contribution in [0.25, 0.3) is 0 Å². The Morgan fingerprint density at radius 2 is 1.91 bits per heavy atom. The fourth-order valence-corrected chi connectivity index (χ4v) is 4.74. The molecule has 184 valence electrons. The van der Waals surface area contributed by atoms with Gasteiger partial charge in [0.05, 0.1) is 4.92 Å². The summed E-state index contributed by atoms with van der Waals surface area (Å²) in [5.74, 6) is 0.658. The highest BCUT2D eigenvalue weighted by molar-refractivity contribution is 5.76. The molecule has 1 saturated heterocycles. The molecule has 0 aromatic heterocycles. The minimum absolute atomic E-state index is 0.0324. The van der Waals surface area contributed by atoms with Gasteiger partial charge in [0.15, 0.2) is 0 Å².